The number of benzene rings is 3. The van der Waals surface area contributed by atoms with Crippen molar-refractivity contribution in [3.8, 4) is 0 Å². The maximum Gasteiger partial charge on any atom is 0.182 e. The molecule has 0 heterocycles. The molecule has 26 heavy (non-hydrogen) atoms. The molecule has 0 aromatic heterocycles. The summed E-state index contributed by atoms with van der Waals surface area (Å²) in [4.78, 5) is 0.283. The summed E-state index contributed by atoms with van der Waals surface area (Å²) in [6.07, 6.45) is 0. The normalized spacial score (nSPS) is 13.9. The molecule has 3 rings (SSSR count). The third kappa shape index (κ3) is 4.19. The predicted molar refractivity (Wildman–Crippen MR) is 104 cm³/mol. The highest BCUT2D eigenvalue weighted by Crippen LogP contribution is 2.26. The SMILES string of the molecule is NC(c1ccccc1)C(N)c1ccc(S(=O)(=O)Cc2ccccc2)cc1. The molecule has 0 saturated carbocycles. The molecule has 0 saturated heterocycles. The minimum atomic E-state index is -3.40. The Morgan fingerprint density at radius 1 is 0.654 bits per heavy atom. The average Bonchev–Trinajstić information content (AvgIpc) is 2.68. The molecule has 0 radical (unpaired) electrons. The zero-order valence-electron chi connectivity index (χ0n) is 14.3. The van der Waals surface area contributed by atoms with E-state index >= 15 is 0 Å². The highest BCUT2D eigenvalue weighted by Gasteiger charge is 2.19. The van der Waals surface area contributed by atoms with Gasteiger partial charge in [-0.25, -0.2) is 8.42 Å². The van der Waals surface area contributed by atoms with Gasteiger partial charge >= 0.3 is 0 Å². The lowest BCUT2D eigenvalue weighted by Gasteiger charge is -2.21. The Labute approximate surface area is 154 Å². The van der Waals surface area contributed by atoms with Gasteiger partial charge in [0, 0.05) is 12.1 Å². The van der Waals surface area contributed by atoms with E-state index in [0.29, 0.717) is 0 Å². The molecule has 3 aromatic carbocycles. The van der Waals surface area contributed by atoms with Gasteiger partial charge in [0.25, 0.3) is 0 Å². The van der Waals surface area contributed by atoms with Crippen LogP contribution in [0.25, 0.3) is 0 Å². The number of rotatable bonds is 6. The van der Waals surface area contributed by atoms with E-state index in [-0.39, 0.29) is 16.7 Å². The third-order valence-corrected chi connectivity index (χ3v) is 6.10. The monoisotopic (exact) mass is 366 g/mol. The Kier molecular flexibility index (Phi) is 5.52. The van der Waals surface area contributed by atoms with Gasteiger partial charge in [0.15, 0.2) is 9.84 Å². The van der Waals surface area contributed by atoms with Gasteiger partial charge in [-0.05, 0) is 28.8 Å². The van der Waals surface area contributed by atoms with E-state index in [9.17, 15) is 8.42 Å². The minimum Gasteiger partial charge on any atom is -0.322 e. The minimum absolute atomic E-state index is 0.0250. The summed E-state index contributed by atoms with van der Waals surface area (Å²) in [5.74, 6) is -0.0250. The van der Waals surface area contributed by atoms with Crippen molar-refractivity contribution in [3.05, 3.63) is 102 Å². The molecule has 0 fully saturated rings. The number of hydrogen-bond acceptors (Lipinski definition) is 4. The first-order valence-corrected chi connectivity index (χ1v) is 10.1. The highest BCUT2D eigenvalue weighted by molar-refractivity contribution is 7.90. The lowest BCUT2D eigenvalue weighted by Crippen LogP contribution is -2.26. The Balaban J connectivity index is 1.77. The Morgan fingerprint density at radius 2 is 1.12 bits per heavy atom. The van der Waals surface area contributed by atoms with E-state index < -0.39 is 15.9 Å². The van der Waals surface area contributed by atoms with Gasteiger partial charge in [0.05, 0.1) is 10.6 Å². The Hall–Kier alpha value is -2.47. The van der Waals surface area contributed by atoms with Crippen LogP contribution in [-0.2, 0) is 15.6 Å². The van der Waals surface area contributed by atoms with Crippen molar-refractivity contribution in [3.63, 3.8) is 0 Å². The van der Waals surface area contributed by atoms with Gasteiger partial charge < -0.3 is 11.5 Å². The van der Waals surface area contributed by atoms with E-state index in [1.54, 1.807) is 36.4 Å². The summed E-state index contributed by atoms with van der Waals surface area (Å²) in [5, 5.41) is 0. The van der Waals surface area contributed by atoms with Gasteiger partial charge in [0.2, 0.25) is 0 Å². The van der Waals surface area contributed by atoms with Gasteiger partial charge in [-0.3, -0.25) is 0 Å². The van der Waals surface area contributed by atoms with Crippen molar-refractivity contribution in [1.82, 2.24) is 0 Å². The summed E-state index contributed by atoms with van der Waals surface area (Å²) in [6, 6.07) is 24.7. The molecule has 2 atom stereocenters. The quantitative estimate of drug-likeness (QED) is 0.700. The van der Waals surface area contributed by atoms with Crippen molar-refractivity contribution in [2.45, 2.75) is 22.7 Å². The Morgan fingerprint density at radius 3 is 1.65 bits per heavy atom. The second-order valence-corrected chi connectivity index (χ2v) is 8.27. The van der Waals surface area contributed by atoms with Gasteiger partial charge in [-0.15, -0.1) is 0 Å². The molecule has 3 aromatic rings. The maximum atomic E-state index is 12.6. The van der Waals surface area contributed by atoms with E-state index in [1.165, 1.54) is 0 Å². The zero-order chi connectivity index (χ0) is 18.6. The number of nitrogens with two attached hydrogens (primary N) is 2. The molecule has 4 nitrogen and oxygen atoms in total. The number of hydrogen-bond donors (Lipinski definition) is 2. The summed E-state index contributed by atoms with van der Waals surface area (Å²) in [7, 11) is -3.40. The van der Waals surface area contributed by atoms with Crippen LogP contribution in [0, 0.1) is 0 Å². The van der Waals surface area contributed by atoms with Crippen LogP contribution in [0.15, 0.2) is 89.8 Å². The van der Waals surface area contributed by atoms with Gasteiger partial charge in [0.1, 0.15) is 0 Å². The molecule has 134 valence electrons. The summed E-state index contributed by atoms with van der Waals surface area (Å²) in [5.41, 5.74) is 15.0. The molecule has 0 spiro atoms. The highest BCUT2D eigenvalue weighted by atomic mass is 32.2. The lowest BCUT2D eigenvalue weighted by molar-refractivity contribution is 0.573. The fourth-order valence-electron chi connectivity index (χ4n) is 2.86. The molecule has 0 aliphatic carbocycles. The van der Waals surface area contributed by atoms with Crippen LogP contribution in [0.2, 0.25) is 0 Å². The Bertz CT molecular complexity index is 940. The molecule has 2 unspecified atom stereocenters. The predicted octanol–water partition coefficient (Wildman–Crippen LogP) is 3.36. The van der Waals surface area contributed by atoms with Crippen LogP contribution >= 0.6 is 0 Å². The molecule has 0 amide bonds. The fourth-order valence-corrected chi connectivity index (χ4v) is 4.21. The van der Waals surface area contributed by atoms with Crippen LogP contribution in [-0.4, -0.2) is 8.42 Å². The molecule has 0 bridgehead atoms. The first kappa shape index (κ1) is 18.3. The van der Waals surface area contributed by atoms with Crippen molar-refractivity contribution in [2.24, 2.45) is 11.5 Å². The third-order valence-electron chi connectivity index (χ3n) is 4.39. The fraction of sp³-hybridized carbons (Fsp3) is 0.143. The summed E-state index contributed by atoms with van der Waals surface area (Å²) in [6.45, 7) is 0. The van der Waals surface area contributed by atoms with Crippen molar-refractivity contribution >= 4 is 9.84 Å². The van der Waals surface area contributed by atoms with Crippen LogP contribution in [0.1, 0.15) is 28.8 Å². The van der Waals surface area contributed by atoms with Gasteiger partial charge in [-0.2, -0.15) is 0 Å². The molecule has 4 N–H and O–H groups in total. The van der Waals surface area contributed by atoms with Crippen LogP contribution in [0.3, 0.4) is 0 Å². The van der Waals surface area contributed by atoms with Crippen molar-refractivity contribution < 1.29 is 8.42 Å². The standard InChI is InChI=1S/C21H22N2O2S/c22-20(17-9-5-2-6-10-17)21(23)18-11-13-19(14-12-18)26(24,25)15-16-7-3-1-4-8-16/h1-14,20-21H,15,22-23H2. The molecule has 0 aliphatic rings. The second-order valence-electron chi connectivity index (χ2n) is 6.28. The van der Waals surface area contributed by atoms with Crippen LogP contribution in [0.4, 0.5) is 0 Å². The largest absolute Gasteiger partial charge is 0.322 e. The molecular formula is C21H22N2O2S. The molecule has 5 heteroatoms. The lowest BCUT2D eigenvalue weighted by atomic mass is 9.95. The van der Waals surface area contributed by atoms with E-state index in [2.05, 4.69) is 0 Å². The van der Waals surface area contributed by atoms with E-state index in [4.69, 9.17) is 11.5 Å². The van der Waals surface area contributed by atoms with Crippen molar-refractivity contribution in [2.75, 3.05) is 0 Å². The zero-order valence-corrected chi connectivity index (χ0v) is 15.1. The number of sulfone groups is 1. The topological polar surface area (TPSA) is 86.2 Å². The first-order valence-electron chi connectivity index (χ1n) is 8.40. The summed E-state index contributed by atoms with van der Waals surface area (Å²) < 4.78 is 25.2. The van der Waals surface area contributed by atoms with E-state index in [1.807, 2.05) is 48.5 Å². The van der Waals surface area contributed by atoms with Crippen LogP contribution < -0.4 is 11.5 Å². The average molecular weight is 366 g/mol. The molecule has 0 aliphatic heterocycles. The smallest absolute Gasteiger partial charge is 0.182 e. The van der Waals surface area contributed by atoms with Gasteiger partial charge in [-0.1, -0.05) is 72.8 Å². The molecular weight excluding hydrogens is 344 g/mol. The first-order chi connectivity index (χ1) is 12.5. The second kappa shape index (κ2) is 7.83. The summed E-state index contributed by atoms with van der Waals surface area (Å²) >= 11 is 0. The maximum absolute atomic E-state index is 12.6. The van der Waals surface area contributed by atoms with Crippen LogP contribution in [0.5, 0.6) is 0 Å². The van der Waals surface area contributed by atoms with E-state index in [0.717, 1.165) is 16.7 Å². The van der Waals surface area contributed by atoms with Crippen molar-refractivity contribution in [1.29, 1.82) is 0 Å².